The number of aromatic carboxylic acids is 2. The normalized spacial score (nSPS) is 14.0. The number of ether oxygens (including phenoxy) is 1. The molecule has 1 fully saturated rings. The van der Waals surface area contributed by atoms with Gasteiger partial charge in [0.25, 0.3) is 0 Å². The molecule has 0 saturated carbocycles. The summed E-state index contributed by atoms with van der Waals surface area (Å²) in [4.78, 5) is 28.2. The predicted octanol–water partition coefficient (Wildman–Crippen LogP) is 7.45. The number of carboxylic acids is 2. The van der Waals surface area contributed by atoms with Gasteiger partial charge in [0.05, 0.1) is 25.9 Å². The van der Waals surface area contributed by atoms with Gasteiger partial charge in [0, 0.05) is 55.3 Å². The number of phenols is 2. The van der Waals surface area contributed by atoms with E-state index in [9.17, 15) is 30.0 Å². The number of aromatic hydroxyl groups is 2. The zero-order chi connectivity index (χ0) is 38.9. The van der Waals surface area contributed by atoms with Crippen molar-refractivity contribution in [2.75, 3.05) is 52.5 Å². The Kier molecular flexibility index (Phi) is 13.0. The van der Waals surface area contributed by atoms with Gasteiger partial charge in [-0.3, -0.25) is 9.80 Å². The Morgan fingerprint density at radius 3 is 1.65 bits per heavy atom. The molecule has 5 N–H and O–H groups in total. The van der Waals surface area contributed by atoms with Crippen LogP contribution in [0.25, 0.3) is 21.5 Å². The number of benzene rings is 6. The summed E-state index contributed by atoms with van der Waals surface area (Å²) in [5, 5.41) is 52.3. The van der Waals surface area contributed by atoms with Gasteiger partial charge in [-0.2, -0.15) is 0 Å². The number of piperazine rings is 1. The van der Waals surface area contributed by atoms with Gasteiger partial charge in [-0.1, -0.05) is 103 Å². The first-order valence-electron chi connectivity index (χ1n) is 18.1. The van der Waals surface area contributed by atoms with Crippen molar-refractivity contribution >= 4 is 45.1 Å². The van der Waals surface area contributed by atoms with Crippen molar-refractivity contribution < 1.29 is 39.9 Å². The molecule has 0 amide bonds. The van der Waals surface area contributed by atoms with Crippen LogP contribution in [0.1, 0.15) is 49.0 Å². The van der Waals surface area contributed by atoms with Crippen LogP contribution in [0.2, 0.25) is 5.02 Å². The first kappa shape index (κ1) is 39.2. The topological polar surface area (TPSA) is 151 Å². The summed E-state index contributed by atoms with van der Waals surface area (Å²) in [7, 11) is 0. The van der Waals surface area contributed by atoms with E-state index in [1.807, 2.05) is 12.1 Å². The SMILES string of the molecule is O=C(O)c1cc2ccccc2c(Cc2c(O)c(C(=O)O)cc3ccccc23)c1O.OCCOCCN1CCN([C@@H](c2ccccc2)c2ccc(Cl)cc2)CC1. The van der Waals surface area contributed by atoms with Crippen LogP contribution in [0, 0.1) is 0 Å². The lowest BCUT2D eigenvalue weighted by Crippen LogP contribution is -2.48. The zero-order valence-electron chi connectivity index (χ0n) is 30.1. The Labute approximate surface area is 324 Å². The molecule has 7 rings (SSSR count). The monoisotopic (exact) mass is 762 g/mol. The molecular weight excluding hydrogens is 720 g/mol. The Hall–Kier alpha value is -5.49. The van der Waals surface area contributed by atoms with Gasteiger partial charge in [-0.15, -0.1) is 0 Å². The molecule has 10 nitrogen and oxygen atoms in total. The maximum Gasteiger partial charge on any atom is 0.339 e. The standard InChI is InChI=1S/C23H16O6.C21H27ClN2O2/c24-20-16(14-7-3-1-5-12(14)9-18(20)22(26)27)11-17-15-8-4-2-6-13(15)10-19(21(17)25)23(28)29;22-20-8-6-19(7-9-20)21(18-4-2-1-3-5-18)24-12-10-23(11-13-24)14-16-26-17-15-25/h1-10,24-25H,11H2,(H,26,27)(H,28,29);1-9,21,25H,10-17H2/t;21-/m.0/s1. The molecule has 11 heteroatoms. The lowest BCUT2D eigenvalue weighted by atomic mass is 9.90. The van der Waals surface area contributed by atoms with Crippen LogP contribution in [-0.2, 0) is 11.2 Å². The molecule has 6 aromatic carbocycles. The molecule has 0 spiro atoms. The van der Waals surface area contributed by atoms with E-state index in [2.05, 4.69) is 52.3 Å². The van der Waals surface area contributed by atoms with Crippen LogP contribution in [-0.4, -0.2) is 99.8 Å². The van der Waals surface area contributed by atoms with Crippen molar-refractivity contribution in [3.05, 3.63) is 154 Å². The summed E-state index contributed by atoms with van der Waals surface area (Å²) < 4.78 is 5.39. The highest BCUT2D eigenvalue weighted by Gasteiger charge is 2.27. The van der Waals surface area contributed by atoms with Crippen molar-refractivity contribution in [2.24, 2.45) is 0 Å². The van der Waals surface area contributed by atoms with Gasteiger partial charge in [0.15, 0.2) is 0 Å². The van der Waals surface area contributed by atoms with Gasteiger partial charge in [0.2, 0.25) is 0 Å². The van der Waals surface area contributed by atoms with Crippen LogP contribution in [0.15, 0.2) is 115 Å². The molecule has 1 saturated heterocycles. The third kappa shape index (κ3) is 9.25. The van der Waals surface area contributed by atoms with E-state index in [-0.39, 0.29) is 30.2 Å². The second-order valence-electron chi connectivity index (χ2n) is 13.3. The van der Waals surface area contributed by atoms with E-state index in [4.69, 9.17) is 21.4 Å². The number of halogens is 1. The molecular formula is C44H43ClN2O8. The van der Waals surface area contributed by atoms with Crippen molar-refractivity contribution in [2.45, 2.75) is 12.5 Å². The molecule has 6 aromatic rings. The number of fused-ring (bicyclic) bond motifs is 2. The fourth-order valence-electron chi connectivity index (χ4n) is 7.18. The fraction of sp³-hybridized carbons (Fsp3) is 0.227. The summed E-state index contributed by atoms with van der Waals surface area (Å²) in [5.74, 6) is -3.36. The number of hydrogen-bond donors (Lipinski definition) is 5. The van der Waals surface area contributed by atoms with Crippen LogP contribution < -0.4 is 0 Å². The number of aliphatic hydroxyl groups excluding tert-OH is 1. The number of aliphatic hydroxyl groups is 1. The third-order valence-electron chi connectivity index (χ3n) is 9.93. The molecule has 1 atom stereocenters. The smallest absolute Gasteiger partial charge is 0.339 e. The van der Waals surface area contributed by atoms with E-state index in [0.29, 0.717) is 45.9 Å². The predicted molar refractivity (Wildman–Crippen MR) is 214 cm³/mol. The summed E-state index contributed by atoms with van der Waals surface area (Å²) in [6, 6.07) is 35.9. The summed E-state index contributed by atoms with van der Waals surface area (Å²) in [6.07, 6.45) is -0.0407. The second-order valence-corrected chi connectivity index (χ2v) is 13.7. The van der Waals surface area contributed by atoms with Crippen LogP contribution >= 0.6 is 11.6 Å². The molecule has 0 aliphatic carbocycles. The largest absolute Gasteiger partial charge is 0.507 e. The van der Waals surface area contributed by atoms with E-state index < -0.39 is 23.4 Å². The van der Waals surface area contributed by atoms with Gasteiger partial charge in [0.1, 0.15) is 22.6 Å². The van der Waals surface area contributed by atoms with E-state index >= 15 is 0 Å². The molecule has 55 heavy (non-hydrogen) atoms. The highest BCUT2D eigenvalue weighted by atomic mass is 35.5. The number of hydrogen-bond acceptors (Lipinski definition) is 8. The molecule has 1 heterocycles. The van der Waals surface area contributed by atoms with E-state index in [0.717, 1.165) is 37.7 Å². The first-order chi connectivity index (χ1) is 26.7. The van der Waals surface area contributed by atoms with Crippen molar-refractivity contribution in [3.63, 3.8) is 0 Å². The lowest BCUT2D eigenvalue weighted by Gasteiger charge is -2.39. The van der Waals surface area contributed by atoms with Gasteiger partial charge >= 0.3 is 11.9 Å². The number of nitrogens with zero attached hydrogens (tertiary/aromatic N) is 2. The number of carboxylic acid groups (broad SMARTS) is 2. The number of rotatable bonds is 12. The second kappa shape index (κ2) is 18.2. The van der Waals surface area contributed by atoms with Gasteiger partial charge in [-0.25, -0.2) is 9.59 Å². The molecule has 0 radical (unpaired) electrons. The maximum absolute atomic E-state index is 11.6. The van der Waals surface area contributed by atoms with Crippen LogP contribution in [0.4, 0.5) is 0 Å². The fourth-order valence-corrected chi connectivity index (χ4v) is 7.31. The van der Waals surface area contributed by atoms with Crippen LogP contribution in [0.3, 0.4) is 0 Å². The Morgan fingerprint density at radius 1 is 0.655 bits per heavy atom. The quantitative estimate of drug-likeness (QED) is 0.0796. The third-order valence-corrected chi connectivity index (χ3v) is 10.2. The van der Waals surface area contributed by atoms with Crippen molar-refractivity contribution in [3.8, 4) is 11.5 Å². The van der Waals surface area contributed by atoms with Crippen molar-refractivity contribution in [1.29, 1.82) is 0 Å². The van der Waals surface area contributed by atoms with Crippen LogP contribution in [0.5, 0.6) is 11.5 Å². The maximum atomic E-state index is 11.6. The highest BCUT2D eigenvalue weighted by molar-refractivity contribution is 6.30. The molecule has 284 valence electrons. The number of carbonyl (C=O) groups is 2. The average Bonchev–Trinajstić information content (AvgIpc) is 3.20. The minimum absolute atomic E-state index is 0.0407. The van der Waals surface area contributed by atoms with Crippen molar-refractivity contribution in [1.82, 2.24) is 9.80 Å². The minimum atomic E-state index is -1.28. The first-order valence-corrected chi connectivity index (χ1v) is 18.4. The minimum Gasteiger partial charge on any atom is -0.507 e. The van der Waals surface area contributed by atoms with Gasteiger partial charge in [-0.05, 0) is 56.9 Å². The van der Waals surface area contributed by atoms with E-state index in [1.165, 1.54) is 23.3 Å². The Morgan fingerprint density at radius 2 is 1.15 bits per heavy atom. The van der Waals surface area contributed by atoms with E-state index in [1.54, 1.807) is 48.5 Å². The summed E-state index contributed by atoms with van der Waals surface area (Å²) >= 11 is 6.09. The zero-order valence-corrected chi connectivity index (χ0v) is 30.9. The highest BCUT2D eigenvalue weighted by Crippen LogP contribution is 2.39. The summed E-state index contributed by atoms with van der Waals surface area (Å²) in [6.45, 7) is 6.20. The van der Waals surface area contributed by atoms with Gasteiger partial charge < -0.3 is 30.3 Å². The molecule has 1 aliphatic heterocycles. The Bertz CT molecular complexity index is 2160. The lowest BCUT2D eigenvalue weighted by molar-refractivity contribution is 0.0522. The average molecular weight is 763 g/mol. The molecule has 0 unspecified atom stereocenters. The Balaban J connectivity index is 0.000000188. The molecule has 0 aromatic heterocycles. The molecule has 1 aliphatic rings. The molecule has 0 bridgehead atoms. The summed E-state index contributed by atoms with van der Waals surface area (Å²) in [5.41, 5.74) is 2.70.